The lowest BCUT2D eigenvalue weighted by atomic mass is 10.1. The summed E-state index contributed by atoms with van der Waals surface area (Å²) in [7, 11) is 0. The molecule has 3 aromatic rings. The zero-order valence-corrected chi connectivity index (χ0v) is 12.6. The van der Waals surface area contributed by atoms with E-state index in [-0.39, 0.29) is 5.69 Å². The lowest BCUT2D eigenvalue weighted by Crippen LogP contribution is -1.91. The van der Waals surface area contributed by atoms with Crippen molar-refractivity contribution in [3.8, 4) is 0 Å². The molecule has 0 bridgehead atoms. The van der Waals surface area contributed by atoms with Crippen LogP contribution in [0.1, 0.15) is 10.4 Å². The number of thiophene rings is 1. The molecular formula is C16H13N3O2S. The number of nitro benzene ring substituents is 1. The summed E-state index contributed by atoms with van der Waals surface area (Å²) >= 11 is 1.69. The molecule has 1 aromatic heterocycles. The third-order valence-corrected chi connectivity index (χ3v) is 4.54. The molecule has 0 aliphatic rings. The molecule has 110 valence electrons. The first-order chi connectivity index (χ1) is 10.6. The topological polar surface area (TPSA) is 67.5 Å². The van der Waals surface area contributed by atoms with Crippen molar-refractivity contribution in [3.63, 3.8) is 0 Å². The van der Waals surface area contributed by atoms with Crippen molar-refractivity contribution in [3.05, 3.63) is 69.1 Å². The number of nitrogens with one attached hydrogen (secondary N) is 1. The molecule has 6 heteroatoms. The van der Waals surface area contributed by atoms with Crippen LogP contribution in [0.4, 0.5) is 11.4 Å². The van der Waals surface area contributed by atoms with Gasteiger partial charge < -0.3 is 0 Å². The smallest absolute Gasteiger partial charge is 0.269 e. The van der Waals surface area contributed by atoms with E-state index in [0.717, 1.165) is 4.88 Å². The monoisotopic (exact) mass is 311 g/mol. The Kier molecular flexibility index (Phi) is 3.84. The summed E-state index contributed by atoms with van der Waals surface area (Å²) in [5.41, 5.74) is 4.86. The fourth-order valence-electron chi connectivity index (χ4n) is 2.14. The minimum atomic E-state index is -0.423. The number of rotatable bonds is 4. The Morgan fingerprint density at radius 2 is 1.91 bits per heavy atom. The summed E-state index contributed by atoms with van der Waals surface area (Å²) in [5, 5.41) is 16.0. The van der Waals surface area contributed by atoms with Gasteiger partial charge in [0.1, 0.15) is 0 Å². The van der Waals surface area contributed by atoms with Crippen LogP contribution in [0.2, 0.25) is 0 Å². The van der Waals surface area contributed by atoms with Crippen LogP contribution in [0, 0.1) is 17.0 Å². The summed E-state index contributed by atoms with van der Waals surface area (Å²) in [6.07, 6.45) is 1.78. The second-order valence-electron chi connectivity index (χ2n) is 4.76. The number of benzene rings is 2. The Morgan fingerprint density at radius 1 is 1.18 bits per heavy atom. The minimum absolute atomic E-state index is 0.0647. The van der Waals surface area contributed by atoms with Gasteiger partial charge in [0.2, 0.25) is 0 Å². The highest BCUT2D eigenvalue weighted by atomic mass is 32.1. The zero-order valence-electron chi connectivity index (χ0n) is 11.8. The number of aryl methyl sites for hydroxylation is 1. The molecule has 0 fully saturated rings. The Hall–Kier alpha value is -2.73. The third kappa shape index (κ3) is 2.82. The molecule has 0 unspecified atom stereocenters. The van der Waals surface area contributed by atoms with Crippen molar-refractivity contribution in [2.24, 2.45) is 5.10 Å². The lowest BCUT2D eigenvalue weighted by molar-refractivity contribution is -0.384. The lowest BCUT2D eigenvalue weighted by Gasteiger charge is -1.99. The van der Waals surface area contributed by atoms with Gasteiger partial charge in [-0.25, -0.2) is 0 Å². The van der Waals surface area contributed by atoms with E-state index >= 15 is 0 Å². The average molecular weight is 311 g/mol. The largest absolute Gasteiger partial charge is 0.278 e. The third-order valence-electron chi connectivity index (χ3n) is 3.33. The molecule has 3 rings (SSSR count). The van der Waals surface area contributed by atoms with Gasteiger partial charge >= 0.3 is 0 Å². The average Bonchev–Trinajstić information content (AvgIpc) is 2.85. The normalized spacial score (nSPS) is 11.1. The molecule has 1 heterocycles. The first-order valence-electron chi connectivity index (χ1n) is 6.67. The maximum absolute atomic E-state index is 10.6. The standard InChI is InChI=1S/C16H13N3O2S/c1-11-14-4-2-3-5-15(14)22-16(11)10-17-18-12-6-8-13(9-7-12)19(20)21/h2-10,18H,1H3/b17-10-. The molecule has 0 saturated carbocycles. The van der Waals surface area contributed by atoms with Crippen LogP contribution < -0.4 is 5.43 Å². The van der Waals surface area contributed by atoms with E-state index < -0.39 is 4.92 Å². The number of hydrogen-bond acceptors (Lipinski definition) is 5. The fourth-order valence-corrected chi connectivity index (χ4v) is 3.22. The SMILES string of the molecule is Cc1c(/C=N\Nc2ccc([N+](=O)[O-])cc2)sc2ccccc12. The van der Waals surface area contributed by atoms with E-state index in [9.17, 15) is 10.1 Å². The molecule has 0 radical (unpaired) electrons. The van der Waals surface area contributed by atoms with E-state index in [1.54, 1.807) is 29.7 Å². The molecule has 0 aliphatic carbocycles. The summed E-state index contributed by atoms with van der Waals surface area (Å²) in [6, 6.07) is 14.4. The quantitative estimate of drug-likeness (QED) is 0.436. The van der Waals surface area contributed by atoms with Gasteiger partial charge in [0.15, 0.2) is 0 Å². The van der Waals surface area contributed by atoms with Gasteiger partial charge in [-0.1, -0.05) is 18.2 Å². The van der Waals surface area contributed by atoms with Crippen LogP contribution >= 0.6 is 11.3 Å². The van der Waals surface area contributed by atoms with Crippen molar-refractivity contribution < 1.29 is 4.92 Å². The molecular weight excluding hydrogens is 298 g/mol. The summed E-state index contributed by atoms with van der Waals surface area (Å²) in [6.45, 7) is 2.08. The molecule has 0 aliphatic heterocycles. The molecule has 5 nitrogen and oxygen atoms in total. The second kappa shape index (κ2) is 5.95. The molecule has 22 heavy (non-hydrogen) atoms. The van der Waals surface area contributed by atoms with Gasteiger partial charge in [0.05, 0.1) is 21.7 Å². The van der Waals surface area contributed by atoms with Gasteiger partial charge in [0, 0.05) is 16.8 Å². The van der Waals surface area contributed by atoms with Gasteiger partial charge in [-0.15, -0.1) is 11.3 Å². The fraction of sp³-hybridized carbons (Fsp3) is 0.0625. The summed E-state index contributed by atoms with van der Waals surface area (Å²) < 4.78 is 1.23. The number of hydrazone groups is 1. The van der Waals surface area contributed by atoms with E-state index in [1.807, 2.05) is 12.1 Å². The summed E-state index contributed by atoms with van der Waals surface area (Å²) in [4.78, 5) is 11.3. The number of hydrogen-bond donors (Lipinski definition) is 1. The Labute approximate surface area is 131 Å². The number of nitrogens with zero attached hydrogens (tertiary/aromatic N) is 2. The maximum Gasteiger partial charge on any atom is 0.269 e. The number of nitro groups is 1. The Bertz CT molecular complexity index is 853. The van der Waals surface area contributed by atoms with Crippen molar-refractivity contribution in [1.29, 1.82) is 0 Å². The van der Waals surface area contributed by atoms with Crippen LogP contribution in [0.25, 0.3) is 10.1 Å². The van der Waals surface area contributed by atoms with Crippen LogP contribution in [0.5, 0.6) is 0 Å². The van der Waals surface area contributed by atoms with Crippen molar-refractivity contribution in [1.82, 2.24) is 0 Å². The van der Waals surface area contributed by atoms with Crippen LogP contribution in [0.15, 0.2) is 53.6 Å². The van der Waals surface area contributed by atoms with Crippen LogP contribution in [-0.4, -0.2) is 11.1 Å². The van der Waals surface area contributed by atoms with E-state index in [1.165, 1.54) is 27.8 Å². The molecule has 0 amide bonds. The first kappa shape index (κ1) is 14.2. The number of fused-ring (bicyclic) bond motifs is 1. The highest BCUT2D eigenvalue weighted by Crippen LogP contribution is 2.29. The molecule has 0 spiro atoms. The molecule has 0 saturated heterocycles. The van der Waals surface area contributed by atoms with Crippen LogP contribution in [-0.2, 0) is 0 Å². The van der Waals surface area contributed by atoms with Crippen molar-refractivity contribution >= 4 is 39.0 Å². The highest BCUT2D eigenvalue weighted by molar-refractivity contribution is 7.20. The predicted molar refractivity (Wildman–Crippen MR) is 90.9 cm³/mol. The van der Waals surface area contributed by atoms with E-state index in [2.05, 4.69) is 29.6 Å². The summed E-state index contributed by atoms with van der Waals surface area (Å²) in [5.74, 6) is 0. The van der Waals surface area contributed by atoms with E-state index in [0.29, 0.717) is 5.69 Å². The predicted octanol–water partition coefficient (Wildman–Crippen LogP) is 4.56. The second-order valence-corrected chi connectivity index (χ2v) is 5.85. The van der Waals surface area contributed by atoms with Gasteiger partial charge in [-0.2, -0.15) is 5.10 Å². The van der Waals surface area contributed by atoms with Gasteiger partial charge in [0.25, 0.3) is 5.69 Å². The number of non-ortho nitro benzene ring substituents is 1. The molecule has 1 N–H and O–H groups in total. The van der Waals surface area contributed by atoms with Crippen LogP contribution in [0.3, 0.4) is 0 Å². The maximum atomic E-state index is 10.6. The zero-order chi connectivity index (χ0) is 15.5. The van der Waals surface area contributed by atoms with Gasteiger partial charge in [-0.3, -0.25) is 15.5 Å². The minimum Gasteiger partial charge on any atom is -0.278 e. The van der Waals surface area contributed by atoms with Crippen molar-refractivity contribution in [2.75, 3.05) is 5.43 Å². The van der Waals surface area contributed by atoms with Crippen molar-refractivity contribution in [2.45, 2.75) is 6.92 Å². The Morgan fingerprint density at radius 3 is 2.59 bits per heavy atom. The Balaban J connectivity index is 1.76. The van der Waals surface area contributed by atoms with Gasteiger partial charge in [-0.05, 0) is 36.1 Å². The van der Waals surface area contributed by atoms with E-state index in [4.69, 9.17) is 0 Å². The molecule has 2 aromatic carbocycles. The highest BCUT2D eigenvalue weighted by Gasteiger charge is 2.06. The first-order valence-corrected chi connectivity index (χ1v) is 7.48. The number of anilines is 1. The molecule has 0 atom stereocenters.